The first-order chi connectivity index (χ1) is 21.9. The smallest absolute Gasteiger partial charge is 0.418 e. The van der Waals surface area contributed by atoms with Crippen LogP contribution >= 0.6 is 11.6 Å². The molecule has 7 rings (SSSR count). The summed E-state index contributed by atoms with van der Waals surface area (Å²) in [7, 11) is 0. The summed E-state index contributed by atoms with van der Waals surface area (Å²) in [5, 5.41) is 3.73. The molecule has 0 amide bonds. The highest BCUT2D eigenvalue weighted by Gasteiger charge is 2.45. The summed E-state index contributed by atoms with van der Waals surface area (Å²) in [6.45, 7) is 8.31. The van der Waals surface area contributed by atoms with Crippen molar-refractivity contribution in [1.82, 2.24) is 25.2 Å². The normalized spacial score (nSPS) is 24.8. The van der Waals surface area contributed by atoms with Gasteiger partial charge < -0.3 is 25.6 Å². The van der Waals surface area contributed by atoms with Gasteiger partial charge in [-0.2, -0.15) is 23.1 Å². The third-order valence-electron chi connectivity index (χ3n) is 10.2. The summed E-state index contributed by atoms with van der Waals surface area (Å²) >= 11 is 6.64. The van der Waals surface area contributed by atoms with Crippen LogP contribution in [0.4, 0.5) is 29.2 Å². The lowest BCUT2D eigenvalue weighted by Crippen LogP contribution is -2.40. The molecule has 1 aromatic carbocycles. The number of benzene rings is 1. The Balaban J connectivity index is 1.30. The predicted octanol–water partition coefficient (Wildman–Crippen LogP) is 6.62. The van der Waals surface area contributed by atoms with Gasteiger partial charge in [0.05, 0.1) is 28.5 Å². The number of aryl methyl sites for hydroxylation is 1. The third-order valence-corrected chi connectivity index (χ3v) is 10.5. The zero-order chi connectivity index (χ0) is 32.4. The second-order valence-electron chi connectivity index (χ2n) is 14.0. The zero-order valence-corrected chi connectivity index (χ0v) is 26.9. The molecule has 3 saturated heterocycles. The van der Waals surface area contributed by atoms with E-state index in [4.69, 9.17) is 27.1 Å². The fraction of sp³-hybridized carbons (Fsp3) is 0.606. The fourth-order valence-corrected chi connectivity index (χ4v) is 7.98. The third kappa shape index (κ3) is 6.20. The van der Waals surface area contributed by atoms with Crippen molar-refractivity contribution in [2.45, 2.75) is 77.1 Å². The standard InChI is InChI=1S/C33H40ClF4N7O/c1-18-4-3-10-44(14-18)16-32(8-9-32)17-46-31-42-28-22(30(43-31)45-11-7-20-5-6-21(15-45)40-20)13-23(34)25(27(28)35)29-26(33(36,37)38)19(2)12-24(39)41-29/h12-13,18,20-21,40H,3-11,14-17H2,1-2H3,(H2,39,41)/t18?,20-,21+/m1/s1. The monoisotopic (exact) mass is 661 g/mol. The Bertz CT molecular complexity index is 1650. The maximum atomic E-state index is 16.7. The predicted molar refractivity (Wildman–Crippen MR) is 171 cm³/mol. The number of nitrogens with one attached hydrogen (secondary N) is 1. The molecule has 3 N–H and O–H groups in total. The van der Waals surface area contributed by atoms with Crippen molar-refractivity contribution in [1.29, 1.82) is 0 Å². The topological polar surface area (TPSA) is 92.4 Å². The first-order valence-corrected chi connectivity index (χ1v) is 16.7. The van der Waals surface area contributed by atoms with Gasteiger partial charge in [-0.3, -0.25) is 0 Å². The Morgan fingerprint density at radius 3 is 2.59 bits per heavy atom. The van der Waals surface area contributed by atoms with Gasteiger partial charge in [-0.1, -0.05) is 18.5 Å². The van der Waals surface area contributed by atoms with Gasteiger partial charge in [0.25, 0.3) is 0 Å². The van der Waals surface area contributed by atoms with Gasteiger partial charge in [0.2, 0.25) is 0 Å². The van der Waals surface area contributed by atoms with E-state index in [0.29, 0.717) is 42.9 Å². The number of piperidine rings is 1. The van der Waals surface area contributed by atoms with Gasteiger partial charge in [-0.05, 0) is 82.0 Å². The number of hydrogen-bond acceptors (Lipinski definition) is 8. The minimum atomic E-state index is -4.82. The average Bonchev–Trinajstić information content (AvgIpc) is 3.64. The van der Waals surface area contributed by atoms with Crippen LogP contribution in [-0.2, 0) is 6.18 Å². The number of rotatable bonds is 7. The van der Waals surface area contributed by atoms with E-state index in [1.807, 2.05) is 0 Å². The molecular formula is C33H40ClF4N7O. The van der Waals surface area contributed by atoms with Crippen molar-refractivity contribution in [2.75, 3.05) is 50.0 Å². The van der Waals surface area contributed by atoms with Crippen molar-refractivity contribution >= 4 is 34.1 Å². The van der Waals surface area contributed by atoms with E-state index in [2.05, 4.69) is 32.0 Å². The summed E-state index contributed by atoms with van der Waals surface area (Å²) in [4.78, 5) is 17.9. The molecule has 1 unspecified atom stereocenters. The number of likely N-dealkylation sites (tertiary alicyclic amines) is 1. The number of fused-ring (bicyclic) bond motifs is 3. The van der Waals surface area contributed by atoms with Crippen LogP contribution < -0.4 is 20.7 Å². The lowest BCUT2D eigenvalue weighted by atomic mass is 9.98. The van der Waals surface area contributed by atoms with Crippen LogP contribution in [0.2, 0.25) is 5.02 Å². The van der Waals surface area contributed by atoms with Crippen LogP contribution in [0, 0.1) is 24.1 Å². The summed E-state index contributed by atoms with van der Waals surface area (Å²) in [5.41, 5.74) is 3.25. The van der Waals surface area contributed by atoms with Gasteiger partial charge >= 0.3 is 12.2 Å². The summed E-state index contributed by atoms with van der Waals surface area (Å²) in [6, 6.07) is 3.22. The number of alkyl halides is 3. The molecule has 4 aliphatic rings. The molecule has 2 aromatic heterocycles. The Hall–Kier alpha value is -2.96. The summed E-state index contributed by atoms with van der Waals surface area (Å²) in [6.07, 6.45) is 2.65. The molecule has 3 aromatic rings. The lowest BCUT2D eigenvalue weighted by molar-refractivity contribution is -0.137. The highest BCUT2D eigenvalue weighted by Crippen LogP contribution is 2.48. The maximum Gasteiger partial charge on any atom is 0.418 e. The number of nitrogen functional groups attached to an aromatic ring is 1. The van der Waals surface area contributed by atoms with E-state index in [9.17, 15) is 13.2 Å². The number of anilines is 2. The molecule has 4 fully saturated rings. The molecule has 3 aliphatic heterocycles. The van der Waals surface area contributed by atoms with E-state index >= 15 is 4.39 Å². The Morgan fingerprint density at radius 1 is 1.07 bits per heavy atom. The van der Waals surface area contributed by atoms with Crippen LogP contribution in [0.25, 0.3) is 22.2 Å². The van der Waals surface area contributed by atoms with Crippen molar-refractivity contribution in [2.24, 2.45) is 11.3 Å². The average molecular weight is 662 g/mol. The Labute approximate surface area is 271 Å². The van der Waals surface area contributed by atoms with Gasteiger partial charge in [-0.15, -0.1) is 0 Å². The van der Waals surface area contributed by atoms with E-state index in [-0.39, 0.29) is 39.4 Å². The van der Waals surface area contributed by atoms with E-state index < -0.39 is 28.8 Å². The van der Waals surface area contributed by atoms with Crippen molar-refractivity contribution in [3.05, 3.63) is 34.1 Å². The second kappa shape index (κ2) is 11.9. The summed E-state index contributed by atoms with van der Waals surface area (Å²) < 4.78 is 65.9. The molecule has 5 heterocycles. The molecular weight excluding hydrogens is 622 g/mol. The highest BCUT2D eigenvalue weighted by atomic mass is 35.5. The van der Waals surface area contributed by atoms with Gasteiger partial charge in [0.1, 0.15) is 17.2 Å². The number of nitrogens with zero attached hydrogens (tertiary/aromatic N) is 5. The highest BCUT2D eigenvalue weighted by molar-refractivity contribution is 6.34. The molecule has 0 spiro atoms. The molecule has 46 heavy (non-hydrogen) atoms. The quantitative estimate of drug-likeness (QED) is 0.273. The largest absolute Gasteiger partial charge is 0.463 e. The van der Waals surface area contributed by atoms with Crippen LogP contribution in [0.1, 0.15) is 63.0 Å². The SMILES string of the molecule is Cc1cc(N)nc(-c2c(Cl)cc3c(N4CC[C@H]5CC[C@@H](C4)N5)nc(OCC4(CN5CCCC(C)C5)CC4)nc3c2F)c1C(F)(F)F. The number of nitrogens with two attached hydrogens (primary N) is 1. The molecule has 248 valence electrons. The van der Waals surface area contributed by atoms with Crippen LogP contribution in [0.3, 0.4) is 0 Å². The first kappa shape index (κ1) is 31.6. The van der Waals surface area contributed by atoms with Crippen molar-refractivity contribution in [3.63, 3.8) is 0 Å². The van der Waals surface area contributed by atoms with Gasteiger partial charge in [-0.25, -0.2) is 9.37 Å². The van der Waals surface area contributed by atoms with Crippen LogP contribution in [-0.4, -0.2) is 71.3 Å². The van der Waals surface area contributed by atoms with E-state index in [1.165, 1.54) is 25.8 Å². The number of hydrogen-bond donors (Lipinski definition) is 2. The molecule has 3 atom stereocenters. The fourth-order valence-electron chi connectivity index (χ4n) is 7.70. The Kier molecular flexibility index (Phi) is 8.20. The van der Waals surface area contributed by atoms with Crippen LogP contribution in [0.5, 0.6) is 6.01 Å². The molecule has 1 saturated carbocycles. The molecule has 1 aliphatic carbocycles. The van der Waals surface area contributed by atoms with E-state index in [1.54, 1.807) is 0 Å². The zero-order valence-electron chi connectivity index (χ0n) is 26.2. The molecule has 8 nitrogen and oxygen atoms in total. The summed E-state index contributed by atoms with van der Waals surface area (Å²) in [5.74, 6) is -0.0650. The maximum absolute atomic E-state index is 16.7. The molecule has 13 heteroatoms. The van der Waals surface area contributed by atoms with E-state index in [0.717, 1.165) is 57.8 Å². The molecule has 0 radical (unpaired) electrons. The second-order valence-corrected chi connectivity index (χ2v) is 14.4. The van der Waals surface area contributed by atoms with Crippen molar-refractivity contribution in [3.8, 4) is 17.3 Å². The number of ether oxygens (including phenoxy) is 1. The number of aromatic nitrogens is 3. The first-order valence-electron chi connectivity index (χ1n) is 16.3. The van der Waals surface area contributed by atoms with Crippen LogP contribution in [0.15, 0.2) is 12.1 Å². The minimum Gasteiger partial charge on any atom is -0.463 e. The Morgan fingerprint density at radius 2 is 1.85 bits per heavy atom. The van der Waals surface area contributed by atoms with Gasteiger partial charge in [0.15, 0.2) is 5.82 Å². The number of halogens is 5. The van der Waals surface area contributed by atoms with Crippen molar-refractivity contribution < 1.29 is 22.3 Å². The molecule has 2 bridgehead atoms. The number of pyridine rings is 1. The lowest BCUT2D eigenvalue weighted by Gasteiger charge is -2.33. The minimum absolute atomic E-state index is 0.00286. The van der Waals surface area contributed by atoms with Gasteiger partial charge in [0, 0.05) is 49.1 Å².